The zero-order valence-electron chi connectivity index (χ0n) is 19.4. The second-order valence-electron chi connectivity index (χ2n) is 9.19. The Kier molecular flexibility index (Phi) is 6.44. The quantitative estimate of drug-likeness (QED) is 0.484. The summed E-state index contributed by atoms with van der Waals surface area (Å²) in [6.45, 7) is 6.51. The van der Waals surface area contributed by atoms with Crippen LogP contribution in [0, 0.1) is 5.92 Å². The van der Waals surface area contributed by atoms with E-state index in [1.54, 1.807) is 6.33 Å². The standard InChI is InChI=1S/C27H33N5O/c1-20-23(12-7-13-25(20)33-18-21-9-3-2-4-10-21)24-17-22(11-5-6-14-31-15-8-16-31)32-26(24)27(28)29-19-30-32/h2-4,7,9-10,12-13,17,19-20,23H,5-6,8,11,14-16,18H2,1H3,(H2,28,29,30). The first-order chi connectivity index (χ1) is 16.2. The fraction of sp³-hybridized carbons (Fsp3) is 0.407. The SMILES string of the molecule is CC1C(OCc2ccccc2)=CC=CC1c1cc(CCCCN2CCC2)n2ncnc(N)c12. The second kappa shape index (κ2) is 9.79. The highest BCUT2D eigenvalue weighted by Crippen LogP contribution is 2.39. The van der Waals surface area contributed by atoms with Gasteiger partial charge in [0, 0.05) is 17.5 Å². The lowest BCUT2D eigenvalue weighted by atomic mass is 9.83. The van der Waals surface area contributed by atoms with E-state index in [0.29, 0.717) is 12.4 Å². The van der Waals surface area contributed by atoms with Crippen LogP contribution in [0.2, 0.25) is 0 Å². The van der Waals surface area contributed by atoms with E-state index in [1.165, 1.54) is 49.3 Å². The van der Waals surface area contributed by atoms with E-state index < -0.39 is 0 Å². The molecule has 3 heterocycles. The van der Waals surface area contributed by atoms with Crippen molar-refractivity contribution in [3.05, 3.63) is 83.5 Å². The van der Waals surface area contributed by atoms with E-state index in [9.17, 15) is 0 Å². The van der Waals surface area contributed by atoms with Crippen molar-refractivity contribution < 1.29 is 4.74 Å². The predicted octanol–water partition coefficient (Wildman–Crippen LogP) is 4.73. The Morgan fingerprint density at radius 3 is 2.79 bits per heavy atom. The van der Waals surface area contributed by atoms with Gasteiger partial charge < -0.3 is 15.4 Å². The van der Waals surface area contributed by atoms with Gasteiger partial charge in [-0.2, -0.15) is 5.10 Å². The van der Waals surface area contributed by atoms with Gasteiger partial charge in [0.2, 0.25) is 0 Å². The number of aromatic nitrogens is 3. The number of likely N-dealkylation sites (tertiary alicyclic amines) is 1. The van der Waals surface area contributed by atoms with E-state index >= 15 is 0 Å². The molecule has 1 aliphatic carbocycles. The number of hydrogen-bond acceptors (Lipinski definition) is 5. The minimum atomic E-state index is 0.166. The summed E-state index contributed by atoms with van der Waals surface area (Å²) < 4.78 is 8.24. The van der Waals surface area contributed by atoms with Crippen LogP contribution in [0.1, 0.15) is 48.9 Å². The van der Waals surface area contributed by atoms with Gasteiger partial charge in [0.25, 0.3) is 0 Å². The molecule has 2 atom stereocenters. The first-order valence-corrected chi connectivity index (χ1v) is 12.1. The molecule has 0 radical (unpaired) electrons. The lowest BCUT2D eigenvalue weighted by Crippen LogP contribution is -2.37. The highest BCUT2D eigenvalue weighted by Gasteiger charge is 2.28. The van der Waals surface area contributed by atoms with Crippen molar-refractivity contribution in [2.45, 2.75) is 45.1 Å². The van der Waals surface area contributed by atoms with Gasteiger partial charge in [0.1, 0.15) is 24.2 Å². The van der Waals surface area contributed by atoms with Gasteiger partial charge in [-0.05, 0) is 68.6 Å². The Bertz CT molecular complexity index is 1150. The smallest absolute Gasteiger partial charge is 0.151 e. The molecule has 6 nitrogen and oxygen atoms in total. The Morgan fingerprint density at radius 1 is 1.15 bits per heavy atom. The lowest BCUT2D eigenvalue weighted by Gasteiger charge is -2.30. The molecule has 5 rings (SSSR count). The number of fused-ring (bicyclic) bond motifs is 1. The fourth-order valence-electron chi connectivity index (χ4n) is 4.90. The zero-order chi connectivity index (χ0) is 22.6. The van der Waals surface area contributed by atoms with Gasteiger partial charge >= 0.3 is 0 Å². The normalized spacial score (nSPS) is 20.6. The Labute approximate surface area is 195 Å². The van der Waals surface area contributed by atoms with E-state index in [0.717, 1.165) is 24.1 Å². The summed E-state index contributed by atoms with van der Waals surface area (Å²) in [5.74, 6) is 1.90. The van der Waals surface area contributed by atoms with Gasteiger partial charge in [-0.1, -0.05) is 49.4 Å². The lowest BCUT2D eigenvalue weighted by molar-refractivity contribution is 0.163. The molecule has 2 N–H and O–H groups in total. The minimum absolute atomic E-state index is 0.166. The number of nitrogens with zero attached hydrogens (tertiary/aromatic N) is 4. The monoisotopic (exact) mass is 443 g/mol. The number of hydrogen-bond donors (Lipinski definition) is 1. The van der Waals surface area contributed by atoms with Crippen molar-refractivity contribution in [1.82, 2.24) is 19.5 Å². The molecule has 2 aromatic heterocycles. The molecule has 0 saturated carbocycles. The van der Waals surface area contributed by atoms with Crippen LogP contribution in [0.3, 0.4) is 0 Å². The van der Waals surface area contributed by atoms with Crippen molar-refractivity contribution in [2.24, 2.45) is 5.92 Å². The molecule has 3 aromatic rings. The maximum atomic E-state index is 6.36. The maximum Gasteiger partial charge on any atom is 0.151 e. The van der Waals surface area contributed by atoms with Crippen molar-refractivity contribution in [3.8, 4) is 0 Å². The predicted molar refractivity (Wildman–Crippen MR) is 132 cm³/mol. The third kappa shape index (κ3) is 4.67. The minimum Gasteiger partial charge on any atom is -0.493 e. The summed E-state index contributed by atoms with van der Waals surface area (Å²) in [6, 6.07) is 12.6. The number of rotatable bonds is 9. The van der Waals surface area contributed by atoms with Crippen LogP contribution in [-0.4, -0.2) is 39.1 Å². The van der Waals surface area contributed by atoms with Crippen molar-refractivity contribution in [1.29, 1.82) is 0 Å². The molecule has 172 valence electrons. The molecule has 1 saturated heterocycles. The number of nitrogen functional groups attached to an aromatic ring is 1. The van der Waals surface area contributed by atoms with Crippen LogP contribution in [0.5, 0.6) is 0 Å². The van der Waals surface area contributed by atoms with Gasteiger partial charge in [-0.3, -0.25) is 0 Å². The van der Waals surface area contributed by atoms with Crippen molar-refractivity contribution in [3.63, 3.8) is 0 Å². The fourth-order valence-corrected chi connectivity index (χ4v) is 4.90. The number of unbranched alkanes of at least 4 members (excludes halogenated alkanes) is 1. The van der Waals surface area contributed by atoms with Crippen LogP contribution in [0.4, 0.5) is 5.82 Å². The molecular formula is C27H33N5O. The van der Waals surface area contributed by atoms with Gasteiger partial charge in [-0.15, -0.1) is 0 Å². The Balaban J connectivity index is 1.33. The number of benzene rings is 1. The van der Waals surface area contributed by atoms with Crippen LogP contribution < -0.4 is 5.73 Å². The molecule has 1 aromatic carbocycles. The zero-order valence-corrected chi connectivity index (χ0v) is 19.4. The molecule has 6 heteroatoms. The molecule has 2 unspecified atom stereocenters. The van der Waals surface area contributed by atoms with Gasteiger partial charge in [-0.25, -0.2) is 9.50 Å². The molecule has 33 heavy (non-hydrogen) atoms. The molecule has 1 aliphatic heterocycles. The Hall–Kier alpha value is -3.12. The first-order valence-electron chi connectivity index (χ1n) is 12.1. The highest BCUT2D eigenvalue weighted by molar-refractivity contribution is 5.72. The summed E-state index contributed by atoms with van der Waals surface area (Å²) in [7, 11) is 0. The number of allylic oxidation sites excluding steroid dienone is 4. The largest absolute Gasteiger partial charge is 0.493 e. The van der Waals surface area contributed by atoms with Crippen LogP contribution in [0.25, 0.3) is 5.52 Å². The summed E-state index contributed by atoms with van der Waals surface area (Å²) in [6.07, 6.45) is 12.7. The summed E-state index contributed by atoms with van der Waals surface area (Å²) in [4.78, 5) is 6.83. The maximum absolute atomic E-state index is 6.36. The van der Waals surface area contributed by atoms with Crippen LogP contribution in [0.15, 0.2) is 66.7 Å². The third-order valence-electron chi connectivity index (χ3n) is 6.97. The number of aryl methyl sites for hydroxylation is 1. The first kappa shape index (κ1) is 21.7. The molecule has 0 spiro atoms. The highest BCUT2D eigenvalue weighted by atomic mass is 16.5. The van der Waals surface area contributed by atoms with E-state index in [1.807, 2.05) is 22.7 Å². The van der Waals surface area contributed by atoms with Crippen LogP contribution in [-0.2, 0) is 17.8 Å². The number of nitrogens with two attached hydrogens (primary N) is 1. The summed E-state index contributed by atoms with van der Waals surface area (Å²) >= 11 is 0. The topological polar surface area (TPSA) is 68.7 Å². The molecule has 0 amide bonds. The summed E-state index contributed by atoms with van der Waals surface area (Å²) in [5, 5.41) is 4.56. The van der Waals surface area contributed by atoms with Gasteiger partial charge in [0.05, 0.1) is 0 Å². The van der Waals surface area contributed by atoms with Crippen molar-refractivity contribution in [2.75, 3.05) is 25.4 Å². The number of ether oxygens (including phenoxy) is 1. The third-order valence-corrected chi connectivity index (χ3v) is 6.97. The summed E-state index contributed by atoms with van der Waals surface area (Å²) in [5.41, 5.74) is 10.9. The van der Waals surface area contributed by atoms with E-state index in [-0.39, 0.29) is 11.8 Å². The van der Waals surface area contributed by atoms with E-state index in [2.05, 4.69) is 58.3 Å². The molecule has 2 aliphatic rings. The van der Waals surface area contributed by atoms with E-state index in [4.69, 9.17) is 10.5 Å². The second-order valence-corrected chi connectivity index (χ2v) is 9.19. The number of anilines is 1. The van der Waals surface area contributed by atoms with Crippen molar-refractivity contribution >= 4 is 11.3 Å². The Morgan fingerprint density at radius 2 is 2.00 bits per heavy atom. The average molecular weight is 444 g/mol. The molecular weight excluding hydrogens is 410 g/mol. The van der Waals surface area contributed by atoms with Gasteiger partial charge in [0.15, 0.2) is 5.82 Å². The molecule has 0 bridgehead atoms. The van der Waals surface area contributed by atoms with Crippen LogP contribution >= 0.6 is 0 Å². The molecule has 1 fully saturated rings. The average Bonchev–Trinajstić information content (AvgIpc) is 3.17.